The molecule has 3 nitrogen and oxygen atoms in total. The highest BCUT2D eigenvalue weighted by atomic mass is 79.9. The Morgan fingerprint density at radius 3 is 2.94 bits per heavy atom. The first-order valence-electron chi connectivity index (χ1n) is 5.14. The van der Waals surface area contributed by atoms with Gasteiger partial charge < -0.3 is 5.32 Å². The standard InChI is InChI=1S/C12H11BrClN3/c1-8(9-3-2-4-15-6-9)17-11-5-10(13)7-16-12(11)14/h2-8,17H,1H3. The van der Waals surface area contributed by atoms with E-state index >= 15 is 0 Å². The Morgan fingerprint density at radius 2 is 2.24 bits per heavy atom. The van der Waals surface area contributed by atoms with Crippen molar-refractivity contribution < 1.29 is 0 Å². The molecular formula is C12H11BrClN3. The molecule has 2 heterocycles. The second-order valence-corrected chi connectivity index (χ2v) is 4.92. The van der Waals surface area contributed by atoms with Gasteiger partial charge in [-0.15, -0.1) is 0 Å². The second-order valence-electron chi connectivity index (χ2n) is 3.64. The van der Waals surface area contributed by atoms with Crippen LogP contribution in [0, 0.1) is 0 Å². The molecule has 0 bridgehead atoms. The van der Waals surface area contributed by atoms with Gasteiger partial charge in [-0.25, -0.2) is 4.98 Å². The van der Waals surface area contributed by atoms with Crippen LogP contribution in [-0.4, -0.2) is 9.97 Å². The topological polar surface area (TPSA) is 37.8 Å². The van der Waals surface area contributed by atoms with Gasteiger partial charge in [-0.05, 0) is 40.5 Å². The summed E-state index contributed by atoms with van der Waals surface area (Å²) in [6, 6.07) is 5.96. The van der Waals surface area contributed by atoms with Crippen LogP contribution in [0.15, 0.2) is 41.3 Å². The molecule has 0 spiro atoms. The summed E-state index contributed by atoms with van der Waals surface area (Å²) < 4.78 is 0.891. The van der Waals surface area contributed by atoms with E-state index < -0.39 is 0 Å². The van der Waals surface area contributed by atoms with Crippen molar-refractivity contribution in [2.45, 2.75) is 13.0 Å². The quantitative estimate of drug-likeness (QED) is 0.868. The maximum atomic E-state index is 6.02. The predicted octanol–water partition coefficient (Wildman–Crippen LogP) is 4.07. The van der Waals surface area contributed by atoms with Crippen molar-refractivity contribution in [2.24, 2.45) is 0 Å². The summed E-state index contributed by atoms with van der Waals surface area (Å²) in [5.41, 5.74) is 1.90. The van der Waals surface area contributed by atoms with E-state index in [4.69, 9.17) is 11.6 Å². The van der Waals surface area contributed by atoms with Gasteiger partial charge in [0.15, 0.2) is 5.15 Å². The zero-order valence-corrected chi connectivity index (χ0v) is 11.5. The molecule has 0 aliphatic rings. The fourth-order valence-electron chi connectivity index (χ4n) is 1.47. The molecular weight excluding hydrogens is 302 g/mol. The highest BCUT2D eigenvalue weighted by Gasteiger charge is 2.08. The summed E-state index contributed by atoms with van der Waals surface area (Å²) in [6.45, 7) is 2.05. The molecule has 0 fully saturated rings. The third kappa shape index (κ3) is 3.17. The zero-order valence-electron chi connectivity index (χ0n) is 9.19. The lowest BCUT2D eigenvalue weighted by atomic mass is 10.1. The largest absolute Gasteiger partial charge is 0.376 e. The van der Waals surface area contributed by atoms with E-state index in [1.807, 2.05) is 31.3 Å². The number of pyridine rings is 2. The van der Waals surface area contributed by atoms with Crippen LogP contribution in [0.3, 0.4) is 0 Å². The first kappa shape index (κ1) is 12.3. The van der Waals surface area contributed by atoms with Crippen molar-refractivity contribution >= 4 is 33.2 Å². The first-order chi connectivity index (χ1) is 8.16. The van der Waals surface area contributed by atoms with Gasteiger partial charge in [-0.1, -0.05) is 17.7 Å². The molecule has 2 aromatic heterocycles. The lowest BCUT2D eigenvalue weighted by Gasteiger charge is -2.16. The molecule has 2 aromatic rings. The Bertz CT molecular complexity index is 504. The van der Waals surface area contributed by atoms with Gasteiger partial charge in [-0.3, -0.25) is 4.98 Å². The average Bonchev–Trinajstić information content (AvgIpc) is 2.35. The molecule has 0 saturated carbocycles. The van der Waals surface area contributed by atoms with Gasteiger partial charge in [0.05, 0.1) is 11.7 Å². The first-order valence-corrected chi connectivity index (χ1v) is 6.31. The van der Waals surface area contributed by atoms with Gasteiger partial charge in [0.25, 0.3) is 0 Å². The van der Waals surface area contributed by atoms with E-state index in [1.54, 1.807) is 12.4 Å². The molecule has 1 N–H and O–H groups in total. The number of anilines is 1. The van der Waals surface area contributed by atoms with Crippen LogP contribution in [0.5, 0.6) is 0 Å². The summed E-state index contributed by atoms with van der Waals surface area (Å²) in [5.74, 6) is 0. The number of hydrogen-bond donors (Lipinski definition) is 1. The normalized spacial score (nSPS) is 12.2. The van der Waals surface area contributed by atoms with Crippen LogP contribution in [0.2, 0.25) is 5.15 Å². The molecule has 1 atom stereocenters. The Morgan fingerprint density at radius 1 is 1.41 bits per heavy atom. The fourth-order valence-corrected chi connectivity index (χ4v) is 1.96. The van der Waals surface area contributed by atoms with E-state index in [9.17, 15) is 0 Å². The predicted molar refractivity (Wildman–Crippen MR) is 73.2 cm³/mol. The fraction of sp³-hybridized carbons (Fsp3) is 0.167. The Kier molecular flexibility index (Phi) is 3.97. The van der Waals surface area contributed by atoms with E-state index in [0.29, 0.717) is 5.15 Å². The lowest BCUT2D eigenvalue weighted by Crippen LogP contribution is -2.07. The van der Waals surface area contributed by atoms with Crippen molar-refractivity contribution in [3.05, 3.63) is 52.0 Å². The van der Waals surface area contributed by atoms with Gasteiger partial charge in [0.1, 0.15) is 0 Å². The molecule has 1 unspecified atom stereocenters. The van der Waals surface area contributed by atoms with Crippen LogP contribution in [0.4, 0.5) is 5.69 Å². The summed E-state index contributed by atoms with van der Waals surface area (Å²) in [5, 5.41) is 3.76. The lowest BCUT2D eigenvalue weighted by molar-refractivity contribution is 0.874. The molecule has 0 saturated heterocycles. The molecule has 0 aliphatic carbocycles. The van der Waals surface area contributed by atoms with Crippen molar-refractivity contribution in [2.75, 3.05) is 5.32 Å². The third-order valence-electron chi connectivity index (χ3n) is 2.36. The Hall–Kier alpha value is -1.13. The Labute approximate surface area is 113 Å². The minimum atomic E-state index is 0.122. The SMILES string of the molecule is CC(Nc1cc(Br)cnc1Cl)c1cccnc1. The minimum absolute atomic E-state index is 0.122. The van der Waals surface area contributed by atoms with E-state index in [2.05, 4.69) is 31.2 Å². The van der Waals surface area contributed by atoms with Gasteiger partial charge in [0, 0.05) is 23.1 Å². The maximum absolute atomic E-state index is 6.02. The third-order valence-corrected chi connectivity index (χ3v) is 3.10. The number of nitrogens with zero attached hydrogens (tertiary/aromatic N) is 2. The van der Waals surface area contributed by atoms with Gasteiger partial charge >= 0.3 is 0 Å². The number of rotatable bonds is 3. The zero-order chi connectivity index (χ0) is 12.3. The van der Waals surface area contributed by atoms with Crippen LogP contribution in [0.1, 0.15) is 18.5 Å². The van der Waals surface area contributed by atoms with Crippen LogP contribution >= 0.6 is 27.5 Å². The van der Waals surface area contributed by atoms with Crippen molar-refractivity contribution in [1.82, 2.24) is 9.97 Å². The molecule has 2 rings (SSSR count). The number of halogens is 2. The van der Waals surface area contributed by atoms with Gasteiger partial charge in [-0.2, -0.15) is 0 Å². The van der Waals surface area contributed by atoms with Crippen molar-refractivity contribution in [3.63, 3.8) is 0 Å². The highest BCUT2D eigenvalue weighted by molar-refractivity contribution is 9.10. The summed E-state index contributed by atoms with van der Waals surface area (Å²) >= 11 is 9.39. The second kappa shape index (κ2) is 5.47. The summed E-state index contributed by atoms with van der Waals surface area (Å²) in [7, 11) is 0. The average molecular weight is 313 g/mol. The van der Waals surface area contributed by atoms with E-state index in [-0.39, 0.29) is 6.04 Å². The molecule has 5 heteroatoms. The van der Waals surface area contributed by atoms with Crippen LogP contribution < -0.4 is 5.32 Å². The molecule has 0 radical (unpaired) electrons. The van der Waals surface area contributed by atoms with Crippen molar-refractivity contribution in [1.29, 1.82) is 0 Å². The Balaban J connectivity index is 2.18. The minimum Gasteiger partial charge on any atom is -0.376 e. The monoisotopic (exact) mass is 311 g/mol. The highest BCUT2D eigenvalue weighted by Crippen LogP contribution is 2.26. The molecule has 17 heavy (non-hydrogen) atoms. The molecule has 0 aliphatic heterocycles. The number of nitrogens with one attached hydrogen (secondary N) is 1. The van der Waals surface area contributed by atoms with Gasteiger partial charge in [0.2, 0.25) is 0 Å². The van der Waals surface area contributed by atoms with E-state index in [1.165, 1.54) is 0 Å². The summed E-state index contributed by atoms with van der Waals surface area (Å²) in [6.07, 6.45) is 5.25. The number of aromatic nitrogens is 2. The smallest absolute Gasteiger partial charge is 0.152 e. The van der Waals surface area contributed by atoms with E-state index in [0.717, 1.165) is 15.7 Å². The number of hydrogen-bond acceptors (Lipinski definition) is 3. The molecule has 0 aromatic carbocycles. The van der Waals surface area contributed by atoms with Crippen molar-refractivity contribution in [3.8, 4) is 0 Å². The molecule has 0 amide bonds. The summed E-state index contributed by atoms with van der Waals surface area (Å²) in [4.78, 5) is 8.16. The molecule has 88 valence electrons. The van der Waals surface area contributed by atoms with Crippen LogP contribution in [0.25, 0.3) is 0 Å². The van der Waals surface area contributed by atoms with Crippen LogP contribution in [-0.2, 0) is 0 Å². The maximum Gasteiger partial charge on any atom is 0.152 e.